The lowest BCUT2D eigenvalue weighted by molar-refractivity contribution is -0.111. The molecule has 4 aromatic rings. The molecule has 0 aliphatic heterocycles. The molecule has 0 aliphatic carbocycles. The van der Waals surface area contributed by atoms with Crippen molar-refractivity contribution in [1.29, 1.82) is 0 Å². The van der Waals surface area contributed by atoms with Crippen LogP contribution in [0.2, 0.25) is 0 Å². The lowest BCUT2D eigenvalue weighted by Crippen LogP contribution is -2.08. The van der Waals surface area contributed by atoms with Crippen molar-refractivity contribution in [2.24, 2.45) is 0 Å². The van der Waals surface area contributed by atoms with Gasteiger partial charge in [-0.1, -0.05) is 23.8 Å². The number of methoxy groups -OCH3 is 1. The summed E-state index contributed by atoms with van der Waals surface area (Å²) in [5, 5.41) is 3.80. The molecule has 0 bridgehead atoms. The second-order valence-corrected chi connectivity index (χ2v) is 7.57. The number of carbonyl (C=O) groups is 1. The molecule has 1 amide bonds. The normalized spacial score (nSPS) is 11.5. The zero-order valence-electron chi connectivity index (χ0n) is 18.0. The Labute approximate surface area is 181 Å². The number of anilines is 1. The van der Waals surface area contributed by atoms with Gasteiger partial charge in [0.2, 0.25) is 5.91 Å². The van der Waals surface area contributed by atoms with Crippen LogP contribution in [0.15, 0.2) is 71.6 Å². The van der Waals surface area contributed by atoms with Gasteiger partial charge >= 0.3 is 0 Å². The van der Waals surface area contributed by atoms with E-state index in [1.165, 1.54) is 11.1 Å². The monoisotopic (exact) mass is 412 g/mol. The zero-order valence-corrected chi connectivity index (χ0v) is 18.0. The first-order valence-corrected chi connectivity index (χ1v) is 10.0. The van der Waals surface area contributed by atoms with Crippen LogP contribution in [0, 0.1) is 13.8 Å². The average molecular weight is 412 g/mol. The van der Waals surface area contributed by atoms with Gasteiger partial charge in [0.25, 0.3) is 0 Å². The lowest BCUT2D eigenvalue weighted by atomic mass is 9.96. The van der Waals surface area contributed by atoms with E-state index < -0.39 is 0 Å². The van der Waals surface area contributed by atoms with Crippen LogP contribution in [0.25, 0.3) is 27.7 Å². The standard InChI is InChI=1S/C26H24N2O3/c1-16-7-8-20(17(2)10-16)23-15-31-25-13-24(30-4)21(12-22(23)25)18(3)11-26(29)28-19-6-5-9-27-14-19/h5-15H,1-4H3,(H,28,29)/b18-11+. The molecule has 5 heteroatoms. The van der Waals surface area contributed by atoms with E-state index in [1.807, 2.05) is 19.1 Å². The fraction of sp³-hybridized carbons (Fsp3) is 0.154. The number of hydrogen-bond acceptors (Lipinski definition) is 4. The molecule has 0 spiro atoms. The van der Waals surface area contributed by atoms with Crippen LogP contribution in [0.1, 0.15) is 23.6 Å². The van der Waals surface area contributed by atoms with Gasteiger partial charge in [-0.3, -0.25) is 9.78 Å². The number of allylic oxidation sites excluding steroid dienone is 1. The Bertz CT molecular complexity index is 1290. The van der Waals surface area contributed by atoms with Crippen LogP contribution < -0.4 is 10.1 Å². The van der Waals surface area contributed by atoms with Crippen molar-refractivity contribution < 1.29 is 13.9 Å². The van der Waals surface area contributed by atoms with E-state index in [2.05, 4.69) is 42.3 Å². The fourth-order valence-corrected chi connectivity index (χ4v) is 3.75. The highest BCUT2D eigenvalue weighted by Gasteiger charge is 2.16. The lowest BCUT2D eigenvalue weighted by Gasteiger charge is -2.11. The Morgan fingerprint density at radius 2 is 1.97 bits per heavy atom. The number of rotatable bonds is 5. The molecule has 2 heterocycles. The van der Waals surface area contributed by atoms with E-state index in [1.54, 1.807) is 44.0 Å². The molecule has 5 nitrogen and oxygen atoms in total. The Hall–Kier alpha value is -3.86. The molecule has 2 aromatic carbocycles. The van der Waals surface area contributed by atoms with Gasteiger partial charge in [-0.05, 0) is 55.7 Å². The van der Waals surface area contributed by atoms with Crippen LogP contribution >= 0.6 is 0 Å². The molecule has 0 fully saturated rings. The van der Waals surface area contributed by atoms with Crippen molar-refractivity contribution in [1.82, 2.24) is 4.98 Å². The minimum Gasteiger partial charge on any atom is -0.496 e. The molecule has 4 rings (SSSR count). The Balaban J connectivity index is 1.75. The first-order valence-electron chi connectivity index (χ1n) is 10.0. The van der Waals surface area contributed by atoms with Gasteiger partial charge < -0.3 is 14.5 Å². The predicted octanol–water partition coefficient (Wildman–Crippen LogP) is 6.16. The topological polar surface area (TPSA) is 64.4 Å². The summed E-state index contributed by atoms with van der Waals surface area (Å²) in [7, 11) is 1.61. The quantitative estimate of drug-likeness (QED) is 0.399. The zero-order chi connectivity index (χ0) is 22.0. The molecule has 31 heavy (non-hydrogen) atoms. The summed E-state index contributed by atoms with van der Waals surface area (Å²) in [6, 6.07) is 13.8. The maximum atomic E-state index is 12.5. The van der Waals surface area contributed by atoms with Crippen LogP contribution in [0.4, 0.5) is 5.69 Å². The number of fused-ring (bicyclic) bond motifs is 1. The Kier molecular flexibility index (Phi) is 5.58. The third kappa shape index (κ3) is 4.21. The maximum absolute atomic E-state index is 12.5. The van der Waals surface area contributed by atoms with E-state index in [4.69, 9.17) is 9.15 Å². The van der Waals surface area contributed by atoms with E-state index in [9.17, 15) is 4.79 Å². The summed E-state index contributed by atoms with van der Waals surface area (Å²) in [6.07, 6.45) is 6.61. The number of aryl methyl sites for hydroxylation is 2. The van der Waals surface area contributed by atoms with Crippen molar-refractivity contribution in [3.63, 3.8) is 0 Å². The van der Waals surface area contributed by atoms with Crippen LogP contribution in [-0.4, -0.2) is 18.0 Å². The molecule has 0 aliphatic rings. The summed E-state index contributed by atoms with van der Waals surface area (Å²) in [5.74, 6) is 0.423. The first kappa shape index (κ1) is 20.4. The number of furan rings is 1. The number of benzene rings is 2. The number of amides is 1. The van der Waals surface area contributed by atoms with Gasteiger partial charge in [0.15, 0.2) is 0 Å². The number of aromatic nitrogens is 1. The first-order chi connectivity index (χ1) is 15.0. The largest absolute Gasteiger partial charge is 0.496 e. The SMILES string of the molecule is COc1cc2occ(-c3ccc(C)cc3C)c2cc1/C(C)=C/C(=O)Nc1cccnc1. The van der Waals surface area contributed by atoms with Crippen molar-refractivity contribution in [2.45, 2.75) is 20.8 Å². The van der Waals surface area contributed by atoms with Crippen LogP contribution in [-0.2, 0) is 4.79 Å². The van der Waals surface area contributed by atoms with Gasteiger partial charge in [0, 0.05) is 34.9 Å². The van der Waals surface area contributed by atoms with Crippen LogP contribution in [0.5, 0.6) is 5.75 Å². The molecule has 0 atom stereocenters. The second kappa shape index (κ2) is 8.48. The highest BCUT2D eigenvalue weighted by atomic mass is 16.5. The summed E-state index contributed by atoms with van der Waals surface area (Å²) in [5.41, 5.74) is 7.55. The van der Waals surface area contributed by atoms with Crippen molar-refractivity contribution in [3.05, 3.63) is 83.9 Å². The number of nitrogens with zero attached hydrogens (tertiary/aromatic N) is 1. The number of nitrogens with one attached hydrogen (secondary N) is 1. The third-order valence-corrected chi connectivity index (χ3v) is 5.27. The number of hydrogen-bond donors (Lipinski definition) is 1. The van der Waals surface area contributed by atoms with E-state index in [-0.39, 0.29) is 5.91 Å². The molecule has 0 saturated carbocycles. The van der Waals surface area contributed by atoms with E-state index in [0.717, 1.165) is 33.2 Å². The Morgan fingerprint density at radius 3 is 2.68 bits per heavy atom. The smallest absolute Gasteiger partial charge is 0.248 e. The second-order valence-electron chi connectivity index (χ2n) is 7.57. The van der Waals surface area contributed by atoms with Gasteiger partial charge in [-0.15, -0.1) is 0 Å². The average Bonchev–Trinajstić information content (AvgIpc) is 3.16. The van der Waals surface area contributed by atoms with Crippen molar-refractivity contribution >= 4 is 28.1 Å². The highest BCUT2D eigenvalue weighted by molar-refractivity contribution is 6.05. The van der Waals surface area contributed by atoms with Gasteiger partial charge in [0.05, 0.1) is 25.3 Å². The number of pyridine rings is 1. The number of carbonyl (C=O) groups excluding carboxylic acids is 1. The molecule has 0 radical (unpaired) electrons. The Morgan fingerprint density at radius 1 is 1.13 bits per heavy atom. The predicted molar refractivity (Wildman–Crippen MR) is 124 cm³/mol. The van der Waals surface area contributed by atoms with Gasteiger partial charge in [-0.2, -0.15) is 0 Å². The minimum absolute atomic E-state index is 0.227. The maximum Gasteiger partial charge on any atom is 0.248 e. The van der Waals surface area contributed by atoms with Gasteiger partial charge in [0.1, 0.15) is 11.3 Å². The number of ether oxygens (including phenoxy) is 1. The summed E-state index contributed by atoms with van der Waals surface area (Å²) >= 11 is 0. The molecule has 1 N–H and O–H groups in total. The fourth-order valence-electron chi connectivity index (χ4n) is 3.75. The van der Waals surface area contributed by atoms with Crippen molar-refractivity contribution in [2.75, 3.05) is 12.4 Å². The third-order valence-electron chi connectivity index (χ3n) is 5.27. The molecule has 2 aromatic heterocycles. The highest BCUT2D eigenvalue weighted by Crippen LogP contribution is 2.38. The molecular weight excluding hydrogens is 388 g/mol. The molecule has 156 valence electrons. The summed E-state index contributed by atoms with van der Waals surface area (Å²) < 4.78 is 11.4. The van der Waals surface area contributed by atoms with Gasteiger partial charge in [-0.25, -0.2) is 0 Å². The van der Waals surface area contributed by atoms with Crippen LogP contribution in [0.3, 0.4) is 0 Å². The van der Waals surface area contributed by atoms with E-state index in [0.29, 0.717) is 11.4 Å². The molecular formula is C26H24N2O3. The molecule has 0 unspecified atom stereocenters. The van der Waals surface area contributed by atoms with E-state index >= 15 is 0 Å². The summed E-state index contributed by atoms with van der Waals surface area (Å²) in [4.78, 5) is 16.5. The molecule has 0 saturated heterocycles. The van der Waals surface area contributed by atoms with Crippen molar-refractivity contribution in [3.8, 4) is 16.9 Å². The minimum atomic E-state index is -0.227. The summed E-state index contributed by atoms with van der Waals surface area (Å²) in [6.45, 7) is 6.07.